The minimum absolute atomic E-state index is 0.0622. The second-order valence-electron chi connectivity index (χ2n) is 6.94. The molecule has 0 radical (unpaired) electrons. The number of amides is 1. The molecule has 0 bridgehead atoms. The SMILES string of the molecule is COc1ccc(C(=O)N(C)Cc2ccc3c(c2)CN(C)C3)cc1OCCN. The molecule has 2 N–H and O–H groups in total. The maximum absolute atomic E-state index is 12.9. The molecule has 0 aliphatic carbocycles. The molecule has 27 heavy (non-hydrogen) atoms. The quantitative estimate of drug-likeness (QED) is 0.811. The molecule has 0 unspecified atom stereocenters. The smallest absolute Gasteiger partial charge is 0.254 e. The molecular weight excluding hydrogens is 342 g/mol. The number of hydrogen-bond donors (Lipinski definition) is 1. The molecule has 1 aliphatic rings. The van der Waals surface area contributed by atoms with Gasteiger partial charge < -0.3 is 20.1 Å². The monoisotopic (exact) mass is 369 g/mol. The highest BCUT2D eigenvalue weighted by molar-refractivity contribution is 5.94. The average molecular weight is 369 g/mol. The van der Waals surface area contributed by atoms with Gasteiger partial charge in [0, 0.05) is 38.8 Å². The molecule has 0 atom stereocenters. The third-order valence-corrected chi connectivity index (χ3v) is 4.70. The molecule has 0 fully saturated rings. The van der Waals surface area contributed by atoms with Crippen molar-refractivity contribution in [2.75, 3.05) is 34.4 Å². The van der Waals surface area contributed by atoms with Crippen LogP contribution in [0.1, 0.15) is 27.0 Å². The van der Waals surface area contributed by atoms with Gasteiger partial charge in [-0.3, -0.25) is 9.69 Å². The first kappa shape index (κ1) is 19.2. The lowest BCUT2D eigenvalue weighted by molar-refractivity contribution is 0.0784. The fourth-order valence-corrected chi connectivity index (χ4v) is 3.37. The maximum Gasteiger partial charge on any atom is 0.254 e. The Hall–Kier alpha value is -2.57. The average Bonchev–Trinajstić information content (AvgIpc) is 3.04. The Bertz CT molecular complexity index is 822. The lowest BCUT2D eigenvalue weighted by atomic mass is 10.1. The van der Waals surface area contributed by atoms with Crippen molar-refractivity contribution in [2.45, 2.75) is 19.6 Å². The van der Waals surface area contributed by atoms with Crippen LogP contribution in [-0.4, -0.2) is 50.1 Å². The number of fused-ring (bicyclic) bond motifs is 1. The Morgan fingerprint density at radius 3 is 2.67 bits per heavy atom. The highest BCUT2D eigenvalue weighted by atomic mass is 16.5. The molecule has 0 spiro atoms. The van der Waals surface area contributed by atoms with Gasteiger partial charge >= 0.3 is 0 Å². The van der Waals surface area contributed by atoms with Crippen molar-refractivity contribution in [3.8, 4) is 11.5 Å². The second kappa shape index (κ2) is 8.41. The fraction of sp³-hybridized carbons (Fsp3) is 0.381. The van der Waals surface area contributed by atoms with E-state index in [1.165, 1.54) is 11.1 Å². The lowest BCUT2D eigenvalue weighted by Gasteiger charge is -2.19. The minimum atomic E-state index is -0.0622. The number of carbonyl (C=O) groups is 1. The van der Waals surface area contributed by atoms with Gasteiger partial charge in [0.1, 0.15) is 6.61 Å². The van der Waals surface area contributed by atoms with Crippen LogP contribution < -0.4 is 15.2 Å². The van der Waals surface area contributed by atoms with E-state index in [0.717, 1.165) is 18.7 Å². The van der Waals surface area contributed by atoms with E-state index in [1.807, 2.05) is 7.05 Å². The Morgan fingerprint density at radius 2 is 1.93 bits per heavy atom. The van der Waals surface area contributed by atoms with Crippen LogP contribution in [0.5, 0.6) is 11.5 Å². The van der Waals surface area contributed by atoms with E-state index in [9.17, 15) is 4.79 Å². The molecule has 6 heteroatoms. The van der Waals surface area contributed by atoms with E-state index >= 15 is 0 Å². The Kier molecular flexibility index (Phi) is 5.98. The Morgan fingerprint density at radius 1 is 1.15 bits per heavy atom. The molecular formula is C21H27N3O3. The van der Waals surface area contributed by atoms with Crippen molar-refractivity contribution in [1.29, 1.82) is 0 Å². The standard InChI is InChI=1S/C21H27N3O3/c1-23-13-17-5-4-15(10-18(17)14-23)12-24(2)21(25)16-6-7-19(26-3)20(11-16)27-9-8-22/h4-7,10-11H,8-9,12-14,22H2,1-3H3. The summed E-state index contributed by atoms with van der Waals surface area (Å²) in [6.45, 7) is 3.27. The third kappa shape index (κ3) is 4.40. The summed E-state index contributed by atoms with van der Waals surface area (Å²) in [4.78, 5) is 16.9. The van der Waals surface area contributed by atoms with Crippen molar-refractivity contribution >= 4 is 5.91 Å². The first-order chi connectivity index (χ1) is 13.0. The number of ether oxygens (including phenoxy) is 2. The molecule has 3 rings (SSSR count). The van der Waals surface area contributed by atoms with Crippen molar-refractivity contribution < 1.29 is 14.3 Å². The minimum Gasteiger partial charge on any atom is -0.493 e. The van der Waals surface area contributed by atoms with Crippen LogP contribution in [0.15, 0.2) is 36.4 Å². The summed E-state index contributed by atoms with van der Waals surface area (Å²) < 4.78 is 10.9. The van der Waals surface area contributed by atoms with Crippen molar-refractivity contribution in [3.05, 3.63) is 58.7 Å². The highest BCUT2D eigenvalue weighted by Crippen LogP contribution is 2.29. The normalized spacial score (nSPS) is 13.3. The first-order valence-corrected chi connectivity index (χ1v) is 9.07. The summed E-state index contributed by atoms with van der Waals surface area (Å²) in [5, 5.41) is 0. The first-order valence-electron chi connectivity index (χ1n) is 9.07. The van der Waals surface area contributed by atoms with E-state index in [2.05, 4.69) is 30.1 Å². The van der Waals surface area contributed by atoms with Crippen LogP contribution in [0.2, 0.25) is 0 Å². The maximum atomic E-state index is 12.9. The van der Waals surface area contributed by atoms with Crippen LogP contribution in [0.3, 0.4) is 0 Å². The van der Waals surface area contributed by atoms with Crippen LogP contribution in [0, 0.1) is 0 Å². The molecule has 0 saturated heterocycles. The van der Waals surface area contributed by atoms with Crippen LogP contribution in [0.25, 0.3) is 0 Å². The van der Waals surface area contributed by atoms with E-state index in [4.69, 9.17) is 15.2 Å². The number of nitrogens with two attached hydrogens (primary N) is 1. The summed E-state index contributed by atoms with van der Waals surface area (Å²) in [6, 6.07) is 11.7. The van der Waals surface area contributed by atoms with Gasteiger partial charge in [0.2, 0.25) is 0 Å². The zero-order valence-corrected chi connectivity index (χ0v) is 16.2. The van der Waals surface area contributed by atoms with Gasteiger partial charge in [0.15, 0.2) is 11.5 Å². The van der Waals surface area contributed by atoms with Crippen molar-refractivity contribution in [2.24, 2.45) is 5.73 Å². The molecule has 1 aliphatic heterocycles. The largest absolute Gasteiger partial charge is 0.493 e. The zero-order chi connectivity index (χ0) is 19.4. The molecule has 2 aromatic rings. The Balaban J connectivity index is 1.73. The molecule has 1 amide bonds. The van der Waals surface area contributed by atoms with Gasteiger partial charge in [-0.1, -0.05) is 18.2 Å². The van der Waals surface area contributed by atoms with Gasteiger partial charge in [-0.05, 0) is 41.9 Å². The predicted octanol–water partition coefficient (Wildman–Crippen LogP) is 2.25. The predicted molar refractivity (Wildman–Crippen MR) is 105 cm³/mol. The van der Waals surface area contributed by atoms with Crippen LogP contribution >= 0.6 is 0 Å². The lowest BCUT2D eigenvalue weighted by Crippen LogP contribution is -2.26. The third-order valence-electron chi connectivity index (χ3n) is 4.70. The van der Waals surface area contributed by atoms with Crippen molar-refractivity contribution in [1.82, 2.24) is 9.80 Å². The molecule has 0 aromatic heterocycles. The van der Waals surface area contributed by atoms with Crippen molar-refractivity contribution in [3.63, 3.8) is 0 Å². The summed E-state index contributed by atoms with van der Waals surface area (Å²) in [6.07, 6.45) is 0. The molecule has 6 nitrogen and oxygen atoms in total. The van der Waals surface area contributed by atoms with Gasteiger partial charge in [-0.15, -0.1) is 0 Å². The van der Waals surface area contributed by atoms with Gasteiger partial charge in [-0.25, -0.2) is 0 Å². The van der Waals surface area contributed by atoms with Crippen LogP contribution in [-0.2, 0) is 19.6 Å². The van der Waals surface area contributed by atoms with E-state index < -0.39 is 0 Å². The molecule has 1 heterocycles. The van der Waals surface area contributed by atoms with Gasteiger partial charge in [0.05, 0.1) is 7.11 Å². The molecule has 144 valence electrons. The number of methoxy groups -OCH3 is 1. The second-order valence-corrected chi connectivity index (χ2v) is 6.94. The molecule has 2 aromatic carbocycles. The topological polar surface area (TPSA) is 68.0 Å². The van der Waals surface area contributed by atoms with Gasteiger partial charge in [-0.2, -0.15) is 0 Å². The van der Waals surface area contributed by atoms with E-state index in [1.54, 1.807) is 30.2 Å². The number of hydrogen-bond acceptors (Lipinski definition) is 5. The number of carbonyl (C=O) groups excluding carboxylic acids is 1. The molecule has 0 saturated carbocycles. The summed E-state index contributed by atoms with van der Waals surface area (Å²) in [7, 11) is 5.50. The summed E-state index contributed by atoms with van der Waals surface area (Å²) in [5.74, 6) is 1.06. The summed E-state index contributed by atoms with van der Waals surface area (Å²) >= 11 is 0. The number of rotatable bonds is 7. The summed E-state index contributed by atoms with van der Waals surface area (Å²) in [5.41, 5.74) is 9.91. The van der Waals surface area contributed by atoms with Crippen LogP contribution in [0.4, 0.5) is 0 Å². The number of nitrogens with zero attached hydrogens (tertiary/aromatic N) is 2. The van der Waals surface area contributed by atoms with Gasteiger partial charge in [0.25, 0.3) is 5.91 Å². The number of benzene rings is 2. The van der Waals surface area contributed by atoms with E-state index in [-0.39, 0.29) is 5.91 Å². The van der Waals surface area contributed by atoms with E-state index in [0.29, 0.717) is 36.8 Å². The highest BCUT2D eigenvalue weighted by Gasteiger charge is 2.18. The Labute approximate surface area is 160 Å². The zero-order valence-electron chi connectivity index (χ0n) is 16.2. The fourth-order valence-electron chi connectivity index (χ4n) is 3.37.